The van der Waals surface area contributed by atoms with Gasteiger partial charge in [-0.25, -0.2) is 14.8 Å². The molecule has 270 valence electrons. The zero-order chi connectivity index (χ0) is 38.3. The molecule has 0 spiro atoms. The van der Waals surface area contributed by atoms with Crippen LogP contribution in [-0.2, 0) is 4.79 Å². The third-order valence-corrected chi connectivity index (χ3v) is 10.3. The second kappa shape index (κ2) is 14.2. The number of aromatic amines is 2. The number of hydrogen-bond acceptors (Lipinski definition) is 4. The van der Waals surface area contributed by atoms with Gasteiger partial charge in [0, 0.05) is 50.4 Å². The van der Waals surface area contributed by atoms with Crippen molar-refractivity contribution in [3.05, 3.63) is 173 Å². The van der Waals surface area contributed by atoms with E-state index < -0.39 is 5.97 Å². The molecular weight excluding hydrogens is 689 g/mol. The Labute approximate surface area is 325 Å². The first-order valence-corrected chi connectivity index (χ1v) is 18.6. The first kappa shape index (κ1) is 34.5. The molecule has 0 aliphatic carbocycles. The number of hydrogen-bond donors (Lipinski definition) is 2. The van der Waals surface area contributed by atoms with Gasteiger partial charge in [-0.1, -0.05) is 108 Å². The number of aryl methyl sites for hydroxylation is 3. The SMILES string of the molecule is C=CC(=O)Oc1ccc(-c2c3nc(c(-c4ccc(C)cc4)c4ccc([nH]4)c(-c4ccc(C)cc4)c4nc(c(-c5ccc(C)cc5)c5ccc2[nH]5)C=C4)C=C3)cc1. The zero-order valence-corrected chi connectivity index (χ0v) is 31.4. The molecular formula is C50H38N4O2. The molecule has 0 radical (unpaired) electrons. The quantitative estimate of drug-likeness (QED) is 0.101. The van der Waals surface area contributed by atoms with Gasteiger partial charge in [-0.3, -0.25) is 0 Å². The lowest BCUT2D eigenvalue weighted by atomic mass is 10.0. The number of rotatable bonds is 6. The fourth-order valence-electron chi connectivity index (χ4n) is 7.43. The number of fused-ring (bicyclic) bond motifs is 8. The molecule has 8 bridgehead atoms. The van der Waals surface area contributed by atoms with Crippen LogP contribution < -0.4 is 4.74 Å². The maximum absolute atomic E-state index is 12.0. The molecule has 0 fully saturated rings. The highest BCUT2D eigenvalue weighted by molar-refractivity contribution is 6.00. The molecule has 7 aromatic rings. The summed E-state index contributed by atoms with van der Waals surface area (Å²) < 4.78 is 5.42. The molecule has 6 nitrogen and oxygen atoms in total. The molecule has 3 aromatic heterocycles. The van der Waals surface area contributed by atoms with Crippen LogP contribution in [0.25, 0.3) is 90.9 Å². The number of ether oxygens (including phenoxy) is 1. The Morgan fingerprint density at radius 1 is 0.464 bits per heavy atom. The lowest BCUT2D eigenvalue weighted by Crippen LogP contribution is -2.02. The summed E-state index contributed by atoms with van der Waals surface area (Å²) >= 11 is 0. The Balaban J connectivity index is 1.42. The van der Waals surface area contributed by atoms with Gasteiger partial charge < -0.3 is 14.7 Å². The molecule has 5 heterocycles. The van der Waals surface area contributed by atoms with Gasteiger partial charge in [-0.05, 0) is 104 Å². The maximum Gasteiger partial charge on any atom is 0.335 e. The number of carbonyl (C=O) groups is 1. The van der Waals surface area contributed by atoms with Crippen molar-refractivity contribution in [1.29, 1.82) is 0 Å². The van der Waals surface area contributed by atoms with Crippen LogP contribution in [0.2, 0.25) is 0 Å². The summed E-state index contributed by atoms with van der Waals surface area (Å²) in [4.78, 5) is 30.4. The van der Waals surface area contributed by atoms with E-state index in [0.29, 0.717) is 5.75 Å². The van der Waals surface area contributed by atoms with E-state index in [0.717, 1.165) is 95.4 Å². The second-order valence-electron chi connectivity index (χ2n) is 14.3. The molecule has 4 aromatic carbocycles. The van der Waals surface area contributed by atoms with Gasteiger partial charge in [-0.2, -0.15) is 0 Å². The van der Waals surface area contributed by atoms with E-state index in [4.69, 9.17) is 14.7 Å². The number of esters is 1. The predicted octanol–water partition coefficient (Wildman–Crippen LogP) is 12.3. The fourth-order valence-corrected chi connectivity index (χ4v) is 7.43. The minimum Gasteiger partial charge on any atom is -0.423 e. The Hall–Kier alpha value is -7.31. The standard InChI is InChI=1S/C50H38N4O2/c1-5-46(55)56-37-20-18-36(19-21-37)50-44-28-26-42(53-44)48(34-14-8-31(3)9-15-34)40-24-22-38(51-40)47(33-12-6-30(2)7-13-33)39-23-25-41(52-39)49(43-27-29-45(50)54-43)35-16-10-32(4)11-17-35/h5-29,51,54H,1H2,2-4H3. The average molecular weight is 727 g/mol. The molecule has 0 atom stereocenters. The summed E-state index contributed by atoms with van der Waals surface area (Å²) in [7, 11) is 0. The van der Waals surface area contributed by atoms with E-state index in [1.54, 1.807) is 12.1 Å². The van der Waals surface area contributed by atoms with Crippen LogP contribution in [-0.4, -0.2) is 25.9 Å². The number of nitrogens with zero attached hydrogens (tertiary/aromatic N) is 2. The highest BCUT2D eigenvalue weighted by Gasteiger charge is 2.19. The van der Waals surface area contributed by atoms with Crippen LogP contribution in [0.5, 0.6) is 5.75 Å². The van der Waals surface area contributed by atoms with Gasteiger partial charge >= 0.3 is 5.97 Å². The van der Waals surface area contributed by atoms with Gasteiger partial charge in [0.2, 0.25) is 0 Å². The summed E-state index contributed by atoms with van der Waals surface area (Å²) in [5, 5.41) is 0. The summed E-state index contributed by atoms with van der Waals surface area (Å²) in [6.07, 6.45) is 9.56. The van der Waals surface area contributed by atoms with Crippen LogP contribution in [0.4, 0.5) is 0 Å². The van der Waals surface area contributed by atoms with Crippen LogP contribution in [0.15, 0.2) is 134 Å². The lowest BCUT2D eigenvalue weighted by molar-refractivity contribution is -0.128. The smallest absolute Gasteiger partial charge is 0.335 e. The Morgan fingerprint density at radius 2 is 0.750 bits per heavy atom. The highest BCUT2D eigenvalue weighted by Crippen LogP contribution is 2.39. The van der Waals surface area contributed by atoms with E-state index in [1.165, 1.54) is 16.7 Å². The lowest BCUT2D eigenvalue weighted by Gasteiger charge is -2.08. The molecule has 2 N–H and O–H groups in total. The van der Waals surface area contributed by atoms with Gasteiger partial charge in [0.1, 0.15) is 5.75 Å². The summed E-state index contributed by atoms with van der Waals surface area (Å²) in [5.41, 5.74) is 18.6. The average Bonchev–Trinajstić information content (AvgIpc) is 4.05. The number of carbonyl (C=O) groups excluding carboxylic acids is 1. The number of benzene rings is 4. The molecule has 0 saturated heterocycles. The van der Waals surface area contributed by atoms with Gasteiger partial charge in [0.05, 0.1) is 22.8 Å². The Bertz CT molecular complexity index is 2860. The van der Waals surface area contributed by atoms with Crippen molar-refractivity contribution in [2.24, 2.45) is 0 Å². The van der Waals surface area contributed by atoms with Crippen molar-refractivity contribution in [2.45, 2.75) is 20.8 Å². The van der Waals surface area contributed by atoms with Crippen molar-refractivity contribution < 1.29 is 9.53 Å². The largest absolute Gasteiger partial charge is 0.423 e. The molecule has 2 aliphatic heterocycles. The van der Waals surface area contributed by atoms with Gasteiger partial charge in [0.25, 0.3) is 0 Å². The minimum atomic E-state index is -0.509. The van der Waals surface area contributed by atoms with Crippen LogP contribution in [0, 0.1) is 20.8 Å². The van der Waals surface area contributed by atoms with E-state index in [9.17, 15) is 4.79 Å². The third-order valence-electron chi connectivity index (χ3n) is 10.3. The van der Waals surface area contributed by atoms with Crippen molar-refractivity contribution in [3.8, 4) is 50.3 Å². The molecule has 0 unspecified atom stereocenters. The molecule has 0 saturated carbocycles. The van der Waals surface area contributed by atoms with Crippen LogP contribution in [0.3, 0.4) is 0 Å². The molecule has 9 rings (SSSR count). The van der Waals surface area contributed by atoms with E-state index >= 15 is 0 Å². The van der Waals surface area contributed by atoms with Crippen molar-refractivity contribution >= 4 is 52.3 Å². The normalized spacial score (nSPS) is 11.8. The molecule has 2 aliphatic rings. The summed E-state index contributed by atoms with van der Waals surface area (Å²) in [6, 6.07) is 41.8. The maximum atomic E-state index is 12.0. The van der Waals surface area contributed by atoms with Crippen LogP contribution in [0.1, 0.15) is 39.5 Å². The van der Waals surface area contributed by atoms with Gasteiger partial charge in [0.15, 0.2) is 0 Å². The highest BCUT2D eigenvalue weighted by atomic mass is 16.5. The van der Waals surface area contributed by atoms with Gasteiger partial charge in [-0.15, -0.1) is 0 Å². The minimum absolute atomic E-state index is 0.434. The van der Waals surface area contributed by atoms with Crippen molar-refractivity contribution in [1.82, 2.24) is 19.9 Å². The predicted molar refractivity (Wildman–Crippen MR) is 231 cm³/mol. The fraction of sp³-hybridized carbons (Fsp3) is 0.0600. The van der Waals surface area contributed by atoms with E-state index in [2.05, 4.69) is 159 Å². The third kappa shape index (κ3) is 6.48. The Morgan fingerprint density at radius 3 is 1.04 bits per heavy atom. The van der Waals surface area contributed by atoms with E-state index in [1.807, 2.05) is 12.1 Å². The van der Waals surface area contributed by atoms with Crippen molar-refractivity contribution in [3.63, 3.8) is 0 Å². The monoisotopic (exact) mass is 726 g/mol. The first-order valence-electron chi connectivity index (χ1n) is 18.6. The van der Waals surface area contributed by atoms with Crippen LogP contribution >= 0.6 is 0 Å². The van der Waals surface area contributed by atoms with Crippen molar-refractivity contribution in [2.75, 3.05) is 0 Å². The second-order valence-corrected chi connectivity index (χ2v) is 14.3. The van der Waals surface area contributed by atoms with E-state index in [-0.39, 0.29) is 0 Å². The molecule has 6 heteroatoms. The number of nitrogens with one attached hydrogen (secondary N) is 2. The topological polar surface area (TPSA) is 83.7 Å². The Kier molecular flexibility index (Phi) is 8.71. The first-order chi connectivity index (χ1) is 27.3. The number of H-pyrrole nitrogens is 2. The molecule has 56 heavy (non-hydrogen) atoms. The number of aromatic nitrogens is 4. The molecule has 0 amide bonds. The summed E-state index contributed by atoms with van der Waals surface area (Å²) in [6.45, 7) is 9.83. The summed E-state index contributed by atoms with van der Waals surface area (Å²) in [5.74, 6) is -0.0756. The zero-order valence-electron chi connectivity index (χ0n) is 31.4.